The van der Waals surface area contributed by atoms with Gasteiger partial charge in [0.15, 0.2) is 0 Å². The first-order valence-electron chi connectivity index (χ1n) is 2.54. The van der Waals surface area contributed by atoms with Gasteiger partial charge in [-0.15, -0.1) is 0 Å². The molecule has 0 saturated carbocycles. The van der Waals surface area contributed by atoms with Crippen molar-refractivity contribution < 1.29 is 9.90 Å². The summed E-state index contributed by atoms with van der Waals surface area (Å²) in [6, 6.07) is -0.581. The van der Waals surface area contributed by atoms with Crippen LogP contribution in [0.1, 0.15) is 13.8 Å². The van der Waals surface area contributed by atoms with Gasteiger partial charge in [0, 0.05) is 0 Å². The summed E-state index contributed by atoms with van der Waals surface area (Å²) in [4.78, 5) is 10.6. The molecule has 0 aromatic rings. The van der Waals surface area contributed by atoms with Gasteiger partial charge in [0.1, 0.15) is 6.04 Å². The first-order chi connectivity index (χ1) is 4.04. The summed E-state index contributed by atoms with van der Waals surface area (Å²) in [6.07, 6.45) is 0. The van der Waals surface area contributed by atoms with E-state index in [1.807, 2.05) is 0 Å². The summed E-state index contributed by atoms with van der Waals surface area (Å²) in [5, 5.41) is 10.9. The normalized spacial score (nSPS) is 12.2. The van der Waals surface area contributed by atoms with Gasteiger partial charge < -0.3 is 10.4 Å². The number of carbonyl (C=O) groups is 1. The second kappa shape index (κ2) is 3.40. The summed E-state index contributed by atoms with van der Waals surface area (Å²) in [6.45, 7) is 3.19. The van der Waals surface area contributed by atoms with E-state index in [9.17, 15) is 4.79 Å². The first kappa shape index (κ1) is 8.36. The predicted octanol–water partition coefficient (Wildman–Crippen LogP) is 0.396. The lowest BCUT2D eigenvalue weighted by Crippen LogP contribution is -2.35. The minimum atomic E-state index is -0.890. The van der Waals surface area contributed by atoms with Crippen molar-refractivity contribution in [3.8, 4) is 0 Å². The van der Waals surface area contributed by atoms with Gasteiger partial charge in [-0.05, 0) is 13.8 Å². The van der Waals surface area contributed by atoms with Gasteiger partial charge in [0.05, 0.1) is 4.99 Å². The van der Waals surface area contributed by atoms with Crippen molar-refractivity contribution in [1.82, 2.24) is 5.32 Å². The van der Waals surface area contributed by atoms with E-state index in [2.05, 4.69) is 17.5 Å². The van der Waals surface area contributed by atoms with Crippen molar-refractivity contribution in [3.05, 3.63) is 0 Å². The Morgan fingerprint density at radius 1 is 1.78 bits per heavy atom. The molecule has 0 spiro atoms. The van der Waals surface area contributed by atoms with Gasteiger partial charge in [-0.25, -0.2) is 0 Å². The van der Waals surface area contributed by atoms with Gasteiger partial charge in [-0.2, -0.15) is 0 Å². The molecule has 0 aliphatic carbocycles. The van der Waals surface area contributed by atoms with Crippen molar-refractivity contribution in [2.24, 2.45) is 0 Å². The topological polar surface area (TPSA) is 49.3 Å². The monoisotopic (exact) mass is 147 g/mol. The second-order valence-corrected chi connectivity index (χ2v) is 2.37. The molecule has 0 radical (unpaired) electrons. The van der Waals surface area contributed by atoms with Crippen LogP contribution in [0.4, 0.5) is 0 Å². The average Bonchev–Trinajstić information content (AvgIpc) is 1.63. The number of hydrogen-bond acceptors (Lipinski definition) is 2. The van der Waals surface area contributed by atoms with Crippen LogP contribution in [0.25, 0.3) is 0 Å². The number of carboxylic acid groups (broad SMARTS) is 1. The Morgan fingerprint density at radius 3 is 2.33 bits per heavy atom. The number of carboxylic acids is 1. The van der Waals surface area contributed by atoms with Crippen molar-refractivity contribution >= 4 is 23.2 Å². The summed E-state index contributed by atoms with van der Waals surface area (Å²) in [5.41, 5.74) is 0. The summed E-state index contributed by atoms with van der Waals surface area (Å²) in [7, 11) is 0. The highest BCUT2D eigenvalue weighted by molar-refractivity contribution is 7.80. The Hall–Kier alpha value is -0.640. The van der Waals surface area contributed by atoms with E-state index in [1.165, 1.54) is 6.92 Å². The van der Waals surface area contributed by atoms with Gasteiger partial charge in [0.25, 0.3) is 0 Å². The van der Waals surface area contributed by atoms with E-state index in [1.54, 1.807) is 6.92 Å². The lowest BCUT2D eigenvalue weighted by atomic mass is 10.3. The molecule has 9 heavy (non-hydrogen) atoms. The molecular formula is C5H9NO2S. The number of rotatable bonds is 2. The van der Waals surface area contributed by atoms with Crippen LogP contribution in [0, 0.1) is 0 Å². The van der Waals surface area contributed by atoms with E-state index in [4.69, 9.17) is 5.11 Å². The fourth-order valence-corrected chi connectivity index (χ4v) is 0.543. The number of thiocarbonyl (C=S) groups is 1. The molecule has 52 valence electrons. The van der Waals surface area contributed by atoms with Crippen LogP contribution in [0.3, 0.4) is 0 Å². The molecule has 2 N–H and O–H groups in total. The van der Waals surface area contributed by atoms with Crippen molar-refractivity contribution in [2.45, 2.75) is 19.9 Å². The molecule has 0 unspecified atom stereocenters. The van der Waals surface area contributed by atoms with E-state index in [-0.39, 0.29) is 0 Å². The molecule has 0 bridgehead atoms. The minimum Gasteiger partial charge on any atom is -0.480 e. The molecule has 3 nitrogen and oxygen atoms in total. The molecule has 0 aromatic carbocycles. The Bertz CT molecular complexity index is 135. The van der Waals surface area contributed by atoms with E-state index >= 15 is 0 Å². The van der Waals surface area contributed by atoms with Crippen molar-refractivity contribution in [1.29, 1.82) is 0 Å². The number of hydrogen-bond donors (Lipinski definition) is 2. The fraction of sp³-hybridized carbons (Fsp3) is 0.600. The summed E-state index contributed by atoms with van der Waals surface area (Å²) in [5.74, 6) is -0.890. The maximum absolute atomic E-state index is 10.1. The van der Waals surface area contributed by atoms with Crippen LogP contribution in [-0.2, 0) is 4.79 Å². The fourth-order valence-electron chi connectivity index (χ4n) is 0.367. The standard InChI is InChI=1S/C5H9NO2S/c1-3(5(7)8)6-4(2)9/h3H,1-2H3,(H,6,9)(H,7,8)/t3-/m0/s1. The quantitative estimate of drug-likeness (QED) is 0.555. The molecule has 0 fully saturated rings. The SMILES string of the molecule is CC(=S)N[C@@H](C)C(=O)O. The lowest BCUT2D eigenvalue weighted by Gasteiger charge is -2.06. The highest BCUT2D eigenvalue weighted by Crippen LogP contribution is 1.80. The average molecular weight is 147 g/mol. The second-order valence-electron chi connectivity index (χ2n) is 1.76. The lowest BCUT2D eigenvalue weighted by molar-refractivity contribution is -0.138. The molecule has 0 aliphatic heterocycles. The van der Waals surface area contributed by atoms with Crippen molar-refractivity contribution in [3.63, 3.8) is 0 Å². The Kier molecular flexibility index (Phi) is 3.16. The molecule has 4 heteroatoms. The van der Waals surface area contributed by atoms with Gasteiger partial charge >= 0.3 is 5.97 Å². The smallest absolute Gasteiger partial charge is 0.325 e. The number of nitrogens with one attached hydrogen (secondary N) is 1. The maximum atomic E-state index is 10.1. The highest BCUT2D eigenvalue weighted by atomic mass is 32.1. The maximum Gasteiger partial charge on any atom is 0.325 e. The largest absolute Gasteiger partial charge is 0.480 e. The van der Waals surface area contributed by atoms with E-state index in [0.717, 1.165) is 0 Å². The molecule has 0 amide bonds. The third-order valence-electron chi connectivity index (χ3n) is 0.790. The van der Waals surface area contributed by atoms with E-state index < -0.39 is 12.0 Å². The molecular weight excluding hydrogens is 138 g/mol. The molecule has 0 saturated heterocycles. The van der Waals surface area contributed by atoms with Crippen LogP contribution >= 0.6 is 12.2 Å². The van der Waals surface area contributed by atoms with Crippen molar-refractivity contribution in [2.75, 3.05) is 0 Å². The summed E-state index contributed by atoms with van der Waals surface area (Å²) >= 11 is 4.62. The highest BCUT2D eigenvalue weighted by Gasteiger charge is 2.08. The third-order valence-corrected chi connectivity index (χ3v) is 0.908. The summed E-state index contributed by atoms with van der Waals surface area (Å²) < 4.78 is 0. The van der Waals surface area contributed by atoms with Gasteiger partial charge in [-0.1, -0.05) is 12.2 Å². The Balaban J connectivity index is 3.63. The van der Waals surface area contributed by atoms with Crippen LogP contribution in [0.2, 0.25) is 0 Å². The van der Waals surface area contributed by atoms with Crippen LogP contribution in [0.5, 0.6) is 0 Å². The van der Waals surface area contributed by atoms with Crippen LogP contribution in [-0.4, -0.2) is 22.1 Å². The predicted molar refractivity (Wildman–Crippen MR) is 38.5 cm³/mol. The zero-order valence-corrected chi connectivity index (χ0v) is 6.16. The number of aliphatic carboxylic acids is 1. The van der Waals surface area contributed by atoms with E-state index in [0.29, 0.717) is 4.99 Å². The van der Waals surface area contributed by atoms with Gasteiger partial charge in [0.2, 0.25) is 0 Å². The van der Waals surface area contributed by atoms with Gasteiger partial charge in [-0.3, -0.25) is 4.79 Å². The molecule has 0 aliphatic rings. The van der Waals surface area contributed by atoms with Crippen LogP contribution in [0.15, 0.2) is 0 Å². The molecule has 0 rings (SSSR count). The Morgan fingerprint density at radius 2 is 2.22 bits per heavy atom. The Labute approximate surface area is 59.1 Å². The third kappa shape index (κ3) is 3.90. The zero-order chi connectivity index (χ0) is 7.44. The first-order valence-corrected chi connectivity index (χ1v) is 2.94. The molecule has 0 aromatic heterocycles. The van der Waals surface area contributed by atoms with Crippen LogP contribution < -0.4 is 5.32 Å². The zero-order valence-electron chi connectivity index (χ0n) is 5.34. The molecule has 0 heterocycles. The molecule has 1 atom stereocenters. The minimum absolute atomic E-state index is 0.505.